The summed E-state index contributed by atoms with van der Waals surface area (Å²) in [6.45, 7) is 0. The van der Waals surface area contributed by atoms with Crippen LogP contribution in [0.1, 0.15) is 18.4 Å². The normalized spacial score (nSPS) is 15.0. The second-order valence-electron chi connectivity index (χ2n) is 6.39. The number of aryl methyl sites for hydroxylation is 1. The molecule has 1 amide bonds. The molecule has 25 heavy (non-hydrogen) atoms. The molecule has 2 aromatic carbocycles. The van der Waals surface area contributed by atoms with Gasteiger partial charge in [0.1, 0.15) is 6.33 Å². The number of halogens is 1. The molecule has 1 saturated carbocycles. The first-order chi connectivity index (χ1) is 12.1. The zero-order valence-electron chi connectivity index (χ0n) is 13.7. The van der Waals surface area contributed by atoms with Crippen molar-refractivity contribution in [1.29, 1.82) is 0 Å². The zero-order valence-corrected chi connectivity index (χ0v) is 14.5. The largest absolute Gasteiger partial charge is 0.325 e. The Kier molecular flexibility index (Phi) is 3.81. The molecule has 0 unspecified atom stereocenters. The van der Waals surface area contributed by atoms with Crippen molar-refractivity contribution in [3.63, 3.8) is 0 Å². The van der Waals surface area contributed by atoms with Crippen molar-refractivity contribution < 1.29 is 4.79 Å². The molecule has 1 heterocycles. The molecular formula is C19H17ClN4O. The molecule has 4 rings (SSSR count). The number of amides is 1. The Hall–Kier alpha value is -2.66. The quantitative estimate of drug-likeness (QED) is 0.776. The van der Waals surface area contributed by atoms with Crippen LogP contribution in [0, 0.1) is 0 Å². The average Bonchev–Trinajstić information content (AvgIpc) is 3.31. The minimum Gasteiger partial charge on any atom is -0.325 e. The molecule has 0 aliphatic heterocycles. The lowest BCUT2D eigenvalue weighted by Gasteiger charge is -2.16. The fraction of sp³-hybridized carbons (Fsp3) is 0.211. The van der Waals surface area contributed by atoms with Crippen LogP contribution in [0.5, 0.6) is 0 Å². The predicted molar refractivity (Wildman–Crippen MR) is 97.4 cm³/mol. The Morgan fingerprint density at radius 2 is 1.96 bits per heavy atom. The lowest BCUT2D eigenvalue weighted by Crippen LogP contribution is -2.27. The molecule has 0 bridgehead atoms. The Balaban J connectivity index is 1.57. The van der Waals surface area contributed by atoms with E-state index >= 15 is 0 Å². The highest BCUT2D eigenvalue weighted by Gasteiger charge is 2.51. The molecule has 1 aliphatic carbocycles. The van der Waals surface area contributed by atoms with Crippen LogP contribution in [0.3, 0.4) is 0 Å². The summed E-state index contributed by atoms with van der Waals surface area (Å²) >= 11 is 5.96. The maximum absolute atomic E-state index is 12.9. The molecule has 126 valence electrons. The predicted octanol–water partition coefficient (Wildman–Crippen LogP) is 3.81. The Bertz CT molecular complexity index is 929. The van der Waals surface area contributed by atoms with Gasteiger partial charge in [-0.3, -0.25) is 4.79 Å². The van der Waals surface area contributed by atoms with E-state index in [1.54, 1.807) is 6.33 Å². The second kappa shape index (κ2) is 6.01. The molecule has 0 spiro atoms. The Morgan fingerprint density at radius 3 is 2.60 bits per heavy atom. The third-order valence-electron chi connectivity index (χ3n) is 4.67. The van der Waals surface area contributed by atoms with Crippen molar-refractivity contribution in [1.82, 2.24) is 14.8 Å². The first-order valence-electron chi connectivity index (χ1n) is 8.10. The summed E-state index contributed by atoms with van der Waals surface area (Å²) in [7, 11) is 1.89. The van der Waals surface area contributed by atoms with Crippen molar-refractivity contribution in [3.05, 3.63) is 65.4 Å². The molecule has 0 radical (unpaired) electrons. The van der Waals surface area contributed by atoms with Gasteiger partial charge < -0.3 is 9.88 Å². The maximum Gasteiger partial charge on any atom is 0.235 e. The number of anilines is 1. The maximum atomic E-state index is 12.9. The van der Waals surface area contributed by atoms with Gasteiger partial charge in [-0.1, -0.05) is 35.9 Å². The van der Waals surface area contributed by atoms with Gasteiger partial charge in [-0.25, -0.2) is 0 Å². The van der Waals surface area contributed by atoms with Gasteiger partial charge in [0.15, 0.2) is 5.82 Å². The number of hydrogen-bond donors (Lipinski definition) is 1. The van der Waals surface area contributed by atoms with Crippen LogP contribution in [-0.4, -0.2) is 20.7 Å². The number of nitrogens with zero attached hydrogens (tertiary/aromatic N) is 3. The fourth-order valence-corrected chi connectivity index (χ4v) is 3.20. The summed E-state index contributed by atoms with van der Waals surface area (Å²) in [5.74, 6) is 0.778. The van der Waals surface area contributed by atoms with Gasteiger partial charge in [-0.05, 0) is 42.7 Å². The van der Waals surface area contributed by atoms with E-state index in [-0.39, 0.29) is 5.91 Å². The molecule has 1 fully saturated rings. The summed E-state index contributed by atoms with van der Waals surface area (Å²) in [5.41, 5.74) is 2.24. The van der Waals surface area contributed by atoms with Gasteiger partial charge in [-0.2, -0.15) is 0 Å². The fourth-order valence-electron chi connectivity index (χ4n) is 3.07. The summed E-state index contributed by atoms with van der Waals surface area (Å²) in [6, 6.07) is 15.2. The Labute approximate surface area is 150 Å². The van der Waals surface area contributed by atoms with Crippen LogP contribution in [0.2, 0.25) is 5.02 Å². The second-order valence-corrected chi connectivity index (χ2v) is 6.83. The highest BCUT2D eigenvalue weighted by atomic mass is 35.5. The van der Waals surface area contributed by atoms with Crippen molar-refractivity contribution in [2.24, 2.45) is 7.05 Å². The lowest BCUT2D eigenvalue weighted by atomic mass is 9.95. The van der Waals surface area contributed by atoms with Gasteiger partial charge in [0.25, 0.3) is 0 Å². The number of carbonyl (C=O) groups excluding carboxylic acids is 1. The topological polar surface area (TPSA) is 59.8 Å². The molecule has 6 heteroatoms. The first-order valence-corrected chi connectivity index (χ1v) is 8.48. The highest BCUT2D eigenvalue weighted by molar-refractivity contribution is 6.30. The molecule has 0 saturated heterocycles. The SMILES string of the molecule is Cn1cnnc1-c1cccc(NC(=O)C2(c3ccc(Cl)cc3)CC2)c1. The monoisotopic (exact) mass is 352 g/mol. The zero-order chi connectivity index (χ0) is 17.4. The Morgan fingerprint density at radius 1 is 1.20 bits per heavy atom. The minimum atomic E-state index is -0.439. The number of benzene rings is 2. The molecular weight excluding hydrogens is 336 g/mol. The minimum absolute atomic E-state index is 0.0185. The summed E-state index contributed by atoms with van der Waals surface area (Å²) in [4.78, 5) is 12.9. The van der Waals surface area contributed by atoms with Crippen LogP contribution >= 0.6 is 11.6 Å². The van der Waals surface area contributed by atoms with Crippen molar-refractivity contribution in [2.45, 2.75) is 18.3 Å². The van der Waals surface area contributed by atoms with Crippen LogP contribution < -0.4 is 5.32 Å². The van der Waals surface area contributed by atoms with E-state index in [0.29, 0.717) is 5.02 Å². The van der Waals surface area contributed by atoms with Crippen LogP contribution in [-0.2, 0) is 17.3 Å². The number of carbonyl (C=O) groups is 1. The van der Waals surface area contributed by atoms with Crippen molar-refractivity contribution in [3.8, 4) is 11.4 Å². The molecule has 1 aliphatic rings. The first kappa shape index (κ1) is 15.8. The third-order valence-corrected chi connectivity index (χ3v) is 4.92. The smallest absolute Gasteiger partial charge is 0.235 e. The van der Waals surface area contributed by atoms with Gasteiger partial charge >= 0.3 is 0 Å². The van der Waals surface area contributed by atoms with E-state index < -0.39 is 5.41 Å². The van der Waals surface area contributed by atoms with Gasteiger partial charge in [0.05, 0.1) is 5.41 Å². The standard InChI is InChI=1S/C19H17ClN4O/c1-24-12-21-23-17(24)13-3-2-4-16(11-13)22-18(25)19(9-10-19)14-5-7-15(20)8-6-14/h2-8,11-12H,9-10H2,1H3,(H,22,25). The molecule has 1 N–H and O–H groups in total. The average molecular weight is 353 g/mol. The van der Waals surface area contributed by atoms with E-state index in [2.05, 4.69) is 15.5 Å². The molecule has 1 aromatic heterocycles. The summed E-state index contributed by atoms with van der Waals surface area (Å²) in [6.07, 6.45) is 3.35. The van der Waals surface area contributed by atoms with E-state index in [1.165, 1.54) is 0 Å². The summed E-state index contributed by atoms with van der Waals surface area (Å²) in [5, 5.41) is 11.7. The highest BCUT2D eigenvalue weighted by Crippen LogP contribution is 2.49. The number of rotatable bonds is 4. The number of nitrogens with one attached hydrogen (secondary N) is 1. The van der Waals surface area contributed by atoms with Crippen molar-refractivity contribution >= 4 is 23.2 Å². The van der Waals surface area contributed by atoms with Crippen LogP contribution in [0.15, 0.2) is 54.9 Å². The van der Waals surface area contributed by atoms with E-state index in [1.807, 2.05) is 60.1 Å². The molecule has 0 atom stereocenters. The van der Waals surface area contributed by atoms with Gasteiger partial charge in [-0.15, -0.1) is 10.2 Å². The van der Waals surface area contributed by atoms with E-state index in [9.17, 15) is 4.79 Å². The van der Waals surface area contributed by atoms with Crippen LogP contribution in [0.4, 0.5) is 5.69 Å². The van der Waals surface area contributed by atoms with Gasteiger partial charge in [0, 0.05) is 23.3 Å². The van der Waals surface area contributed by atoms with E-state index in [0.717, 1.165) is 35.5 Å². The molecule has 3 aromatic rings. The molecule has 5 nitrogen and oxygen atoms in total. The van der Waals surface area contributed by atoms with E-state index in [4.69, 9.17) is 11.6 Å². The summed E-state index contributed by atoms with van der Waals surface area (Å²) < 4.78 is 1.84. The third kappa shape index (κ3) is 2.91. The number of hydrogen-bond acceptors (Lipinski definition) is 3. The number of aromatic nitrogens is 3. The van der Waals surface area contributed by atoms with Crippen LogP contribution in [0.25, 0.3) is 11.4 Å². The van der Waals surface area contributed by atoms with Gasteiger partial charge in [0.2, 0.25) is 5.91 Å². The van der Waals surface area contributed by atoms with Crippen molar-refractivity contribution in [2.75, 3.05) is 5.32 Å². The lowest BCUT2D eigenvalue weighted by molar-refractivity contribution is -0.118.